The van der Waals surface area contributed by atoms with E-state index in [0.29, 0.717) is 12.2 Å². The van der Waals surface area contributed by atoms with Gasteiger partial charge in [0.2, 0.25) is 0 Å². The van der Waals surface area contributed by atoms with Gasteiger partial charge < -0.3 is 4.90 Å². The van der Waals surface area contributed by atoms with Crippen molar-refractivity contribution in [2.75, 3.05) is 32.1 Å². The van der Waals surface area contributed by atoms with E-state index in [2.05, 4.69) is 49.2 Å². The average molecular weight is 414 g/mol. The summed E-state index contributed by atoms with van der Waals surface area (Å²) in [5, 5.41) is 5.29. The van der Waals surface area contributed by atoms with Gasteiger partial charge in [0, 0.05) is 12.6 Å². The van der Waals surface area contributed by atoms with Gasteiger partial charge in [0.15, 0.2) is 5.13 Å². The lowest BCUT2D eigenvalue weighted by atomic mass is 10.1. The number of nitrogens with zero attached hydrogens (tertiary/aromatic N) is 5. The third-order valence-electron chi connectivity index (χ3n) is 4.90. The Labute approximate surface area is 177 Å². The summed E-state index contributed by atoms with van der Waals surface area (Å²) in [4.78, 5) is 22.5. The number of rotatable bonds is 8. The van der Waals surface area contributed by atoms with Crippen LogP contribution in [0.2, 0.25) is 0 Å². The van der Waals surface area contributed by atoms with Crippen LogP contribution in [0.5, 0.6) is 0 Å². The van der Waals surface area contributed by atoms with E-state index in [1.165, 1.54) is 5.56 Å². The molecule has 0 atom stereocenters. The lowest BCUT2D eigenvalue weighted by molar-refractivity contribution is 0.0974. The van der Waals surface area contributed by atoms with Gasteiger partial charge in [-0.05, 0) is 71.9 Å². The zero-order valence-corrected chi connectivity index (χ0v) is 19.1. The van der Waals surface area contributed by atoms with E-state index in [4.69, 9.17) is 4.98 Å². The van der Waals surface area contributed by atoms with Crippen LogP contribution < -0.4 is 4.90 Å². The SMILES string of the molecule is CCc1cccc2sc(N(CCCN(C)C)C(=O)c3cc(C)nn3C(C)C)nc12. The molecule has 3 rings (SSSR count). The van der Waals surface area contributed by atoms with E-state index >= 15 is 0 Å². The first-order valence-corrected chi connectivity index (χ1v) is 11.0. The van der Waals surface area contributed by atoms with Crippen molar-refractivity contribution in [1.82, 2.24) is 19.7 Å². The topological polar surface area (TPSA) is 54.3 Å². The maximum Gasteiger partial charge on any atom is 0.278 e. The van der Waals surface area contributed by atoms with Crippen LogP contribution in [0.15, 0.2) is 24.3 Å². The Balaban J connectivity index is 2.02. The van der Waals surface area contributed by atoms with Crippen molar-refractivity contribution in [1.29, 1.82) is 0 Å². The number of amides is 1. The molecule has 0 fully saturated rings. The molecule has 0 N–H and O–H groups in total. The molecule has 0 radical (unpaired) electrons. The van der Waals surface area contributed by atoms with E-state index in [-0.39, 0.29) is 11.9 Å². The molecule has 0 aliphatic rings. The summed E-state index contributed by atoms with van der Waals surface area (Å²) in [6.45, 7) is 9.70. The number of para-hydroxylation sites is 1. The zero-order valence-electron chi connectivity index (χ0n) is 18.3. The second-order valence-electron chi connectivity index (χ2n) is 7.94. The minimum Gasteiger partial charge on any atom is -0.309 e. The number of carbonyl (C=O) groups excluding carboxylic acids is 1. The maximum absolute atomic E-state index is 13.6. The molecular weight excluding hydrogens is 382 g/mol. The fourth-order valence-electron chi connectivity index (χ4n) is 3.43. The largest absolute Gasteiger partial charge is 0.309 e. The minimum atomic E-state index is -0.0323. The molecule has 0 bridgehead atoms. The van der Waals surface area contributed by atoms with Gasteiger partial charge in [-0.15, -0.1) is 0 Å². The lowest BCUT2D eigenvalue weighted by Crippen LogP contribution is -2.35. The van der Waals surface area contributed by atoms with Crippen molar-refractivity contribution in [2.45, 2.75) is 46.6 Å². The first-order chi connectivity index (χ1) is 13.8. The van der Waals surface area contributed by atoms with Crippen molar-refractivity contribution in [2.24, 2.45) is 0 Å². The van der Waals surface area contributed by atoms with Crippen LogP contribution in [0.25, 0.3) is 10.2 Å². The molecule has 7 heteroatoms. The van der Waals surface area contributed by atoms with Crippen LogP contribution in [0.4, 0.5) is 5.13 Å². The molecule has 3 aromatic rings. The third-order valence-corrected chi connectivity index (χ3v) is 5.95. The van der Waals surface area contributed by atoms with E-state index in [1.54, 1.807) is 11.3 Å². The molecule has 6 nitrogen and oxygen atoms in total. The summed E-state index contributed by atoms with van der Waals surface area (Å²) in [6.07, 6.45) is 1.80. The Morgan fingerprint density at radius 3 is 2.66 bits per heavy atom. The van der Waals surface area contributed by atoms with Crippen molar-refractivity contribution >= 4 is 32.6 Å². The highest BCUT2D eigenvalue weighted by Crippen LogP contribution is 2.32. The Kier molecular flexibility index (Phi) is 6.70. The number of aryl methyl sites for hydroxylation is 2. The zero-order chi connectivity index (χ0) is 21.1. The number of carbonyl (C=O) groups is 1. The van der Waals surface area contributed by atoms with Gasteiger partial charge >= 0.3 is 0 Å². The van der Waals surface area contributed by atoms with Crippen LogP contribution >= 0.6 is 11.3 Å². The summed E-state index contributed by atoms with van der Waals surface area (Å²) in [5.41, 5.74) is 3.70. The van der Waals surface area contributed by atoms with E-state index < -0.39 is 0 Å². The molecule has 2 aromatic heterocycles. The minimum absolute atomic E-state index is 0.0323. The maximum atomic E-state index is 13.6. The van der Waals surface area contributed by atoms with Gasteiger partial charge in [0.25, 0.3) is 5.91 Å². The van der Waals surface area contributed by atoms with Gasteiger partial charge in [0.05, 0.1) is 15.9 Å². The Morgan fingerprint density at radius 2 is 2.00 bits per heavy atom. The molecule has 0 saturated carbocycles. The van der Waals surface area contributed by atoms with E-state index in [1.807, 2.05) is 36.4 Å². The van der Waals surface area contributed by atoms with E-state index in [9.17, 15) is 4.79 Å². The number of hydrogen-bond acceptors (Lipinski definition) is 5. The number of benzene rings is 1. The Bertz CT molecular complexity index is 988. The number of anilines is 1. The highest BCUT2D eigenvalue weighted by atomic mass is 32.1. The Hall–Kier alpha value is -2.25. The van der Waals surface area contributed by atoms with Gasteiger partial charge in [-0.2, -0.15) is 5.10 Å². The smallest absolute Gasteiger partial charge is 0.278 e. The summed E-state index contributed by atoms with van der Waals surface area (Å²) in [7, 11) is 4.10. The van der Waals surface area contributed by atoms with Crippen LogP contribution in [0.1, 0.15) is 55.0 Å². The molecule has 0 aliphatic heterocycles. The number of aromatic nitrogens is 3. The van der Waals surface area contributed by atoms with Crippen LogP contribution in [-0.2, 0) is 6.42 Å². The normalized spacial score (nSPS) is 11.7. The molecule has 0 saturated heterocycles. The highest BCUT2D eigenvalue weighted by Gasteiger charge is 2.26. The number of fused-ring (bicyclic) bond motifs is 1. The van der Waals surface area contributed by atoms with Gasteiger partial charge in [-0.3, -0.25) is 14.4 Å². The van der Waals surface area contributed by atoms with Gasteiger partial charge in [-0.25, -0.2) is 4.98 Å². The molecule has 156 valence electrons. The molecule has 2 heterocycles. The first kappa shape index (κ1) is 21.5. The molecular formula is C22H31N5OS. The average Bonchev–Trinajstić information content (AvgIpc) is 3.27. The third kappa shape index (κ3) is 4.67. The molecule has 1 amide bonds. The molecule has 1 aromatic carbocycles. The summed E-state index contributed by atoms with van der Waals surface area (Å²) in [6, 6.07) is 8.26. The fraction of sp³-hybridized carbons (Fsp3) is 0.500. The highest BCUT2D eigenvalue weighted by molar-refractivity contribution is 7.22. The predicted octanol–water partition coefficient (Wildman–Crippen LogP) is 4.54. The standard InChI is InChI=1S/C22H31N5OS/c1-7-17-10-8-11-19-20(17)23-22(29-19)26(13-9-12-25(5)6)21(28)18-14-16(4)24-27(18)15(2)3/h8,10-11,14-15H,7,9,12-13H2,1-6H3. The van der Waals surface area contributed by atoms with Crippen LogP contribution in [-0.4, -0.2) is 52.8 Å². The summed E-state index contributed by atoms with van der Waals surface area (Å²) in [5.74, 6) is -0.0323. The van der Waals surface area contributed by atoms with Gasteiger partial charge in [0.1, 0.15) is 5.69 Å². The van der Waals surface area contributed by atoms with Crippen LogP contribution in [0.3, 0.4) is 0 Å². The quantitative estimate of drug-likeness (QED) is 0.544. The molecule has 0 unspecified atom stereocenters. The monoisotopic (exact) mass is 413 g/mol. The molecule has 29 heavy (non-hydrogen) atoms. The second kappa shape index (κ2) is 9.05. The molecule has 0 spiro atoms. The van der Waals surface area contributed by atoms with Gasteiger partial charge in [-0.1, -0.05) is 30.4 Å². The van der Waals surface area contributed by atoms with Crippen molar-refractivity contribution in [3.05, 3.63) is 41.2 Å². The fourth-order valence-corrected chi connectivity index (χ4v) is 4.47. The Morgan fingerprint density at radius 1 is 1.24 bits per heavy atom. The second-order valence-corrected chi connectivity index (χ2v) is 8.95. The molecule has 0 aliphatic carbocycles. The first-order valence-electron chi connectivity index (χ1n) is 10.2. The van der Waals surface area contributed by atoms with Crippen molar-refractivity contribution in [3.63, 3.8) is 0 Å². The predicted molar refractivity (Wildman–Crippen MR) is 121 cm³/mol. The van der Waals surface area contributed by atoms with E-state index in [0.717, 1.165) is 40.4 Å². The summed E-state index contributed by atoms with van der Waals surface area (Å²) >= 11 is 1.59. The van der Waals surface area contributed by atoms with Crippen molar-refractivity contribution in [3.8, 4) is 0 Å². The summed E-state index contributed by atoms with van der Waals surface area (Å²) < 4.78 is 2.94. The van der Waals surface area contributed by atoms with Crippen LogP contribution in [0, 0.1) is 6.92 Å². The number of hydrogen-bond donors (Lipinski definition) is 0. The number of thiazole rings is 1. The lowest BCUT2D eigenvalue weighted by Gasteiger charge is -2.22. The van der Waals surface area contributed by atoms with Crippen molar-refractivity contribution < 1.29 is 4.79 Å².